The van der Waals surface area contributed by atoms with Gasteiger partial charge < -0.3 is 10.1 Å². The lowest BCUT2D eigenvalue weighted by Crippen LogP contribution is -2.31. The molecule has 3 heterocycles. The Kier molecular flexibility index (Phi) is 3.97. The summed E-state index contributed by atoms with van der Waals surface area (Å²) in [5, 5.41) is 8.42. The number of carbonyl (C=O) groups excluding carboxylic acids is 1. The van der Waals surface area contributed by atoms with Crippen molar-refractivity contribution in [3.63, 3.8) is 0 Å². The van der Waals surface area contributed by atoms with E-state index in [-0.39, 0.29) is 17.9 Å². The molecule has 1 aliphatic rings. The Bertz CT molecular complexity index is 920. The number of aromatic nitrogens is 3. The van der Waals surface area contributed by atoms with Crippen molar-refractivity contribution < 1.29 is 9.53 Å². The number of nitrogens with zero attached hydrogens (tertiary/aromatic N) is 3. The van der Waals surface area contributed by atoms with Crippen LogP contribution in [0.4, 0.5) is 5.69 Å². The number of ether oxygens (including phenoxy) is 1. The third-order valence-corrected chi connectivity index (χ3v) is 4.62. The molecule has 1 fully saturated rings. The number of fused-ring (bicyclic) bond motifs is 1. The van der Waals surface area contributed by atoms with Crippen LogP contribution in [0.25, 0.3) is 16.7 Å². The van der Waals surface area contributed by atoms with Gasteiger partial charge in [-0.15, -0.1) is 0 Å². The molecule has 1 N–H and O–H groups in total. The fourth-order valence-electron chi connectivity index (χ4n) is 3.21. The van der Waals surface area contributed by atoms with Crippen LogP contribution >= 0.6 is 0 Å². The van der Waals surface area contributed by atoms with Gasteiger partial charge >= 0.3 is 0 Å². The van der Waals surface area contributed by atoms with Crippen molar-refractivity contribution in [2.75, 3.05) is 11.9 Å². The van der Waals surface area contributed by atoms with Crippen molar-refractivity contribution in [2.24, 2.45) is 5.92 Å². The first-order valence-electron chi connectivity index (χ1n) is 8.47. The monoisotopic (exact) mass is 336 g/mol. The summed E-state index contributed by atoms with van der Waals surface area (Å²) in [5.74, 6) is 0.124. The number of hydrogen-bond donors (Lipinski definition) is 1. The fraction of sp³-hybridized carbons (Fsp3) is 0.316. The minimum atomic E-state index is -0.385. The molecule has 2 atom stereocenters. The van der Waals surface area contributed by atoms with E-state index in [2.05, 4.69) is 15.4 Å². The summed E-state index contributed by atoms with van der Waals surface area (Å²) in [6.45, 7) is 4.61. The van der Waals surface area contributed by atoms with Crippen molar-refractivity contribution in [1.82, 2.24) is 14.8 Å². The van der Waals surface area contributed by atoms with E-state index in [9.17, 15) is 4.79 Å². The molecule has 0 unspecified atom stereocenters. The van der Waals surface area contributed by atoms with Gasteiger partial charge in [0.2, 0.25) is 0 Å². The number of anilines is 1. The Hall–Kier alpha value is -2.73. The van der Waals surface area contributed by atoms with Gasteiger partial charge in [-0.2, -0.15) is 5.10 Å². The molecule has 0 radical (unpaired) electrons. The lowest BCUT2D eigenvalue weighted by atomic mass is 10.0. The molecule has 1 amide bonds. The predicted octanol–water partition coefficient (Wildman–Crippen LogP) is 3.09. The second-order valence-corrected chi connectivity index (χ2v) is 6.47. The van der Waals surface area contributed by atoms with Gasteiger partial charge in [-0.3, -0.25) is 4.79 Å². The highest BCUT2D eigenvalue weighted by atomic mass is 16.5. The highest BCUT2D eigenvalue weighted by Crippen LogP contribution is 2.25. The number of aryl methyl sites for hydroxylation is 1. The maximum atomic E-state index is 12.4. The summed E-state index contributed by atoms with van der Waals surface area (Å²) in [6.07, 6.45) is 2.20. The molecule has 6 nitrogen and oxygen atoms in total. The van der Waals surface area contributed by atoms with E-state index in [4.69, 9.17) is 4.74 Å². The standard InChI is InChI=1S/C19H20N4O2/c1-12-8-9-25-17(12)19(24)21-14-10-16-13(2)22-23(18(16)20-11-14)15-6-4-3-5-7-15/h3-7,10-12,17H,8-9H2,1-2H3,(H,21,24)/t12-,17+/m1/s1. The van der Waals surface area contributed by atoms with Crippen molar-refractivity contribution in [3.05, 3.63) is 48.3 Å². The Labute approximate surface area is 145 Å². The van der Waals surface area contributed by atoms with E-state index in [0.29, 0.717) is 12.3 Å². The molecule has 1 saturated heterocycles. The maximum Gasteiger partial charge on any atom is 0.253 e. The zero-order valence-electron chi connectivity index (χ0n) is 14.3. The molecular formula is C19H20N4O2. The number of para-hydroxylation sites is 1. The van der Waals surface area contributed by atoms with E-state index in [1.54, 1.807) is 6.20 Å². The molecule has 0 saturated carbocycles. The summed E-state index contributed by atoms with van der Waals surface area (Å²) in [6, 6.07) is 11.8. The first-order valence-corrected chi connectivity index (χ1v) is 8.47. The van der Waals surface area contributed by atoms with Gasteiger partial charge in [0.05, 0.1) is 23.3 Å². The van der Waals surface area contributed by atoms with Crippen molar-refractivity contribution in [3.8, 4) is 5.69 Å². The minimum Gasteiger partial charge on any atom is -0.368 e. The van der Waals surface area contributed by atoms with E-state index in [1.165, 1.54) is 0 Å². The van der Waals surface area contributed by atoms with Gasteiger partial charge in [-0.25, -0.2) is 9.67 Å². The van der Waals surface area contributed by atoms with Crippen LogP contribution in [-0.4, -0.2) is 33.4 Å². The van der Waals surface area contributed by atoms with Crippen LogP contribution in [0, 0.1) is 12.8 Å². The topological polar surface area (TPSA) is 69.0 Å². The largest absolute Gasteiger partial charge is 0.368 e. The van der Waals surface area contributed by atoms with Crippen LogP contribution in [0.1, 0.15) is 19.0 Å². The average Bonchev–Trinajstić information content (AvgIpc) is 3.19. The number of amides is 1. The molecule has 25 heavy (non-hydrogen) atoms. The van der Waals surface area contributed by atoms with Gasteiger partial charge in [0.25, 0.3) is 5.91 Å². The van der Waals surface area contributed by atoms with Crippen molar-refractivity contribution in [2.45, 2.75) is 26.4 Å². The number of rotatable bonds is 3. The Balaban J connectivity index is 1.65. The Morgan fingerprint density at radius 2 is 2.12 bits per heavy atom. The number of benzene rings is 1. The summed E-state index contributed by atoms with van der Waals surface area (Å²) >= 11 is 0. The van der Waals surface area contributed by atoms with Crippen LogP contribution in [0.3, 0.4) is 0 Å². The Morgan fingerprint density at radius 3 is 2.84 bits per heavy atom. The van der Waals surface area contributed by atoms with E-state index < -0.39 is 0 Å². The van der Waals surface area contributed by atoms with Crippen LogP contribution in [0.15, 0.2) is 42.6 Å². The summed E-state index contributed by atoms with van der Waals surface area (Å²) < 4.78 is 7.34. The molecule has 1 aromatic carbocycles. The first kappa shape index (κ1) is 15.8. The number of carbonyl (C=O) groups is 1. The predicted molar refractivity (Wildman–Crippen MR) is 95.8 cm³/mol. The molecule has 1 aliphatic heterocycles. The number of hydrogen-bond acceptors (Lipinski definition) is 4. The van der Waals surface area contributed by atoms with Gasteiger partial charge in [0, 0.05) is 12.0 Å². The SMILES string of the molecule is Cc1nn(-c2ccccc2)c2ncc(NC(=O)[C@H]3OCC[C@H]3C)cc12. The fourth-order valence-corrected chi connectivity index (χ4v) is 3.21. The maximum absolute atomic E-state index is 12.4. The zero-order chi connectivity index (χ0) is 17.4. The molecule has 2 aromatic heterocycles. The highest BCUT2D eigenvalue weighted by Gasteiger charge is 2.31. The van der Waals surface area contributed by atoms with Crippen LogP contribution in [0.5, 0.6) is 0 Å². The van der Waals surface area contributed by atoms with E-state index in [0.717, 1.165) is 28.8 Å². The van der Waals surface area contributed by atoms with Gasteiger partial charge in [0.1, 0.15) is 6.10 Å². The molecule has 0 aliphatic carbocycles. The summed E-state index contributed by atoms with van der Waals surface area (Å²) in [5.41, 5.74) is 3.26. The van der Waals surface area contributed by atoms with Gasteiger partial charge in [0.15, 0.2) is 5.65 Å². The smallest absolute Gasteiger partial charge is 0.253 e. The lowest BCUT2D eigenvalue weighted by Gasteiger charge is -2.14. The quantitative estimate of drug-likeness (QED) is 0.798. The molecule has 0 bridgehead atoms. The highest BCUT2D eigenvalue weighted by molar-refractivity contribution is 5.96. The molecule has 4 rings (SSSR count). The van der Waals surface area contributed by atoms with Gasteiger partial charge in [-0.05, 0) is 37.5 Å². The number of nitrogens with one attached hydrogen (secondary N) is 1. The molecule has 6 heteroatoms. The summed E-state index contributed by atoms with van der Waals surface area (Å²) in [7, 11) is 0. The third kappa shape index (κ3) is 2.89. The normalized spacial score (nSPS) is 20.1. The van der Waals surface area contributed by atoms with Crippen LogP contribution < -0.4 is 5.32 Å². The third-order valence-electron chi connectivity index (χ3n) is 4.62. The van der Waals surface area contributed by atoms with Crippen LogP contribution in [0.2, 0.25) is 0 Å². The molecular weight excluding hydrogens is 316 g/mol. The molecule has 128 valence electrons. The van der Waals surface area contributed by atoms with E-state index in [1.807, 2.05) is 54.9 Å². The second-order valence-electron chi connectivity index (χ2n) is 6.47. The van der Waals surface area contributed by atoms with E-state index >= 15 is 0 Å². The van der Waals surface area contributed by atoms with Gasteiger partial charge in [-0.1, -0.05) is 25.1 Å². The first-order chi connectivity index (χ1) is 12.1. The van der Waals surface area contributed by atoms with Crippen molar-refractivity contribution in [1.29, 1.82) is 0 Å². The second kappa shape index (κ2) is 6.29. The molecule has 3 aromatic rings. The lowest BCUT2D eigenvalue weighted by molar-refractivity contribution is -0.126. The Morgan fingerprint density at radius 1 is 1.32 bits per heavy atom. The number of pyridine rings is 1. The minimum absolute atomic E-state index is 0.112. The zero-order valence-corrected chi connectivity index (χ0v) is 14.3. The van der Waals surface area contributed by atoms with Crippen molar-refractivity contribution >= 4 is 22.6 Å². The average molecular weight is 336 g/mol. The summed E-state index contributed by atoms with van der Waals surface area (Å²) in [4.78, 5) is 16.9. The van der Waals surface area contributed by atoms with Crippen LogP contribution in [-0.2, 0) is 9.53 Å². The molecule has 0 spiro atoms.